The van der Waals surface area contributed by atoms with Crippen LogP contribution in [0.15, 0.2) is 36.7 Å². The number of nitrogens with zero attached hydrogens (tertiary/aromatic N) is 2. The van der Waals surface area contributed by atoms with E-state index < -0.39 is 5.97 Å². The molecular weight excluding hydrogens is 230 g/mol. The first kappa shape index (κ1) is 12.0. The first-order chi connectivity index (χ1) is 8.65. The van der Waals surface area contributed by atoms with Gasteiger partial charge in [0.05, 0.1) is 5.56 Å². The second kappa shape index (κ2) is 5.27. The second-order valence-corrected chi connectivity index (χ2v) is 3.90. The Morgan fingerprint density at radius 2 is 2.17 bits per heavy atom. The predicted octanol–water partition coefficient (Wildman–Crippen LogP) is 2.10. The van der Waals surface area contributed by atoms with Gasteiger partial charge in [0.25, 0.3) is 0 Å². The van der Waals surface area contributed by atoms with Gasteiger partial charge >= 0.3 is 5.97 Å². The third-order valence-electron chi connectivity index (χ3n) is 2.45. The number of carboxylic acid groups (broad SMARTS) is 1. The highest BCUT2D eigenvalue weighted by molar-refractivity contribution is 5.87. The molecule has 0 bridgehead atoms. The molecule has 0 fully saturated rings. The van der Waals surface area contributed by atoms with Gasteiger partial charge in [-0.05, 0) is 24.6 Å². The number of rotatable bonds is 4. The Bertz CT molecular complexity index is 570. The van der Waals surface area contributed by atoms with Crippen molar-refractivity contribution in [1.82, 2.24) is 9.97 Å². The van der Waals surface area contributed by atoms with Crippen LogP contribution in [-0.2, 0) is 6.54 Å². The SMILES string of the molecule is Cc1cc(NCc2cccc(C(=O)O)c2)ncn1. The summed E-state index contributed by atoms with van der Waals surface area (Å²) in [7, 11) is 0. The minimum atomic E-state index is -0.922. The highest BCUT2D eigenvalue weighted by Gasteiger charge is 2.03. The van der Waals surface area contributed by atoms with Gasteiger partial charge in [-0.25, -0.2) is 14.8 Å². The average Bonchev–Trinajstić information content (AvgIpc) is 2.37. The van der Waals surface area contributed by atoms with E-state index in [1.165, 1.54) is 6.33 Å². The topological polar surface area (TPSA) is 75.1 Å². The molecule has 5 nitrogen and oxygen atoms in total. The highest BCUT2D eigenvalue weighted by atomic mass is 16.4. The van der Waals surface area contributed by atoms with E-state index in [0.29, 0.717) is 6.54 Å². The largest absolute Gasteiger partial charge is 0.478 e. The number of carboxylic acids is 1. The molecular formula is C13H13N3O2. The lowest BCUT2D eigenvalue weighted by molar-refractivity contribution is 0.0697. The van der Waals surface area contributed by atoms with Crippen molar-refractivity contribution in [2.24, 2.45) is 0 Å². The number of hydrogen-bond donors (Lipinski definition) is 2. The van der Waals surface area contributed by atoms with Gasteiger partial charge in [-0.3, -0.25) is 0 Å². The third-order valence-corrected chi connectivity index (χ3v) is 2.45. The quantitative estimate of drug-likeness (QED) is 0.860. The van der Waals surface area contributed by atoms with Crippen molar-refractivity contribution in [3.05, 3.63) is 53.5 Å². The number of aryl methyl sites for hydroxylation is 1. The van der Waals surface area contributed by atoms with Gasteiger partial charge < -0.3 is 10.4 Å². The standard InChI is InChI=1S/C13H13N3O2/c1-9-5-12(16-8-15-9)14-7-10-3-2-4-11(6-10)13(17)18/h2-6,8H,7H2,1H3,(H,17,18)(H,14,15,16). The van der Waals surface area contributed by atoms with Crippen LogP contribution in [0.1, 0.15) is 21.6 Å². The van der Waals surface area contributed by atoms with E-state index in [-0.39, 0.29) is 5.56 Å². The number of anilines is 1. The number of aromatic carboxylic acids is 1. The minimum Gasteiger partial charge on any atom is -0.478 e. The normalized spacial score (nSPS) is 10.1. The van der Waals surface area contributed by atoms with Crippen molar-refractivity contribution in [2.75, 3.05) is 5.32 Å². The van der Waals surface area contributed by atoms with E-state index in [1.54, 1.807) is 18.2 Å². The molecule has 1 aromatic carbocycles. The molecule has 0 spiro atoms. The van der Waals surface area contributed by atoms with Crippen molar-refractivity contribution in [1.29, 1.82) is 0 Å². The molecule has 2 aromatic rings. The van der Waals surface area contributed by atoms with Crippen LogP contribution in [0, 0.1) is 6.92 Å². The van der Waals surface area contributed by atoms with Gasteiger partial charge in [0.1, 0.15) is 12.1 Å². The summed E-state index contributed by atoms with van der Waals surface area (Å²) in [6.07, 6.45) is 1.49. The zero-order chi connectivity index (χ0) is 13.0. The Hall–Kier alpha value is -2.43. The molecule has 2 rings (SSSR count). The monoisotopic (exact) mass is 243 g/mol. The zero-order valence-corrected chi connectivity index (χ0v) is 9.92. The molecule has 92 valence electrons. The summed E-state index contributed by atoms with van der Waals surface area (Å²) in [6, 6.07) is 8.64. The van der Waals surface area contributed by atoms with E-state index >= 15 is 0 Å². The predicted molar refractivity (Wildman–Crippen MR) is 67.5 cm³/mol. The summed E-state index contributed by atoms with van der Waals surface area (Å²) in [5.74, 6) is -0.196. The van der Waals surface area contributed by atoms with Crippen LogP contribution in [-0.4, -0.2) is 21.0 Å². The van der Waals surface area contributed by atoms with Crippen molar-refractivity contribution in [3.63, 3.8) is 0 Å². The maximum Gasteiger partial charge on any atom is 0.335 e. The fourth-order valence-electron chi connectivity index (χ4n) is 1.56. The summed E-state index contributed by atoms with van der Waals surface area (Å²) < 4.78 is 0. The van der Waals surface area contributed by atoms with Crippen LogP contribution in [0.2, 0.25) is 0 Å². The molecule has 0 aliphatic rings. The maximum absolute atomic E-state index is 10.8. The van der Waals surface area contributed by atoms with Crippen LogP contribution in [0.4, 0.5) is 5.82 Å². The lowest BCUT2D eigenvalue weighted by Crippen LogP contribution is -2.04. The Morgan fingerprint density at radius 3 is 2.89 bits per heavy atom. The van der Waals surface area contributed by atoms with Gasteiger partial charge in [-0.1, -0.05) is 12.1 Å². The summed E-state index contributed by atoms with van der Waals surface area (Å²) in [5, 5.41) is 12.0. The average molecular weight is 243 g/mol. The van der Waals surface area contributed by atoms with E-state index in [4.69, 9.17) is 5.11 Å². The number of aromatic nitrogens is 2. The lowest BCUT2D eigenvalue weighted by Gasteiger charge is -2.06. The van der Waals surface area contributed by atoms with Gasteiger partial charge in [-0.2, -0.15) is 0 Å². The van der Waals surface area contributed by atoms with Crippen molar-refractivity contribution < 1.29 is 9.90 Å². The summed E-state index contributed by atoms with van der Waals surface area (Å²) in [5.41, 5.74) is 2.06. The molecule has 0 saturated carbocycles. The van der Waals surface area contributed by atoms with Crippen LogP contribution in [0.25, 0.3) is 0 Å². The van der Waals surface area contributed by atoms with Crippen LogP contribution in [0.5, 0.6) is 0 Å². The fourth-order valence-corrected chi connectivity index (χ4v) is 1.56. The Labute approximate surface area is 105 Å². The van der Waals surface area contributed by atoms with Crippen molar-refractivity contribution in [2.45, 2.75) is 13.5 Å². The number of hydrogen-bond acceptors (Lipinski definition) is 4. The highest BCUT2D eigenvalue weighted by Crippen LogP contribution is 2.09. The first-order valence-electron chi connectivity index (χ1n) is 5.50. The van der Waals surface area contributed by atoms with Gasteiger partial charge in [-0.15, -0.1) is 0 Å². The molecule has 0 aliphatic carbocycles. The van der Waals surface area contributed by atoms with E-state index in [1.807, 2.05) is 19.1 Å². The van der Waals surface area contributed by atoms with Gasteiger partial charge in [0, 0.05) is 18.3 Å². The van der Waals surface area contributed by atoms with Crippen LogP contribution >= 0.6 is 0 Å². The Balaban J connectivity index is 2.06. The van der Waals surface area contributed by atoms with Crippen LogP contribution < -0.4 is 5.32 Å². The van der Waals surface area contributed by atoms with Crippen molar-refractivity contribution >= 4 is 11.8 Å². The Morgan fingerprint density at radius 1 is 1.33 bits per heavy atom. The smallest absolute Gasteiger partial charge is 0.335 e. The molecule has 1 heterocycles. The van der Waals surface area contributed by atoms with E-state index in [2.05, 4.69) is 15.3 Å². The van der Waals surface area contributed by atoms with Crippen LogP contribution in [0.3, 0.4) is 0 Å². The van der Waals surface area contributed by atoms with Gasteiger partial charge in [0.15, 0.2) is 0 Å². The molecule has 0 amide bonds. The summed E-state index contributed by atoms with van der Waals surface area (Å²) >= 11 is 0. The number of benzene rings is 1. The Kier molecular flexibility index (Phi) is 3.52. The number of carbonyl (C=O) groups is 1. The first-order valence-corrected chi connectivity index (χ1v) is 5.50. The van der Waals surface area contributed by atoms with E-state index in [0.717, 1.165) is 17.1 Å². The molecule has 0 aliphatic heterocycles. The molecule has 1 aromatic heterocycles. The summed E-state index contributed by atoms with van der Waals surface area (Å²) in [4.78, 5) is 18.9. The molecule has 5 heteroatoms. The maximum atomic E-state index is 10.8. The molecule has 0 unspecified atom stereocenters. The molecule has 0 saturated heterocycles. The minimum absolute atomic E-state index is 0.285. The third kappa shape index (κ3) is 3.04. The fraction of sp³-hybridized carbons (Fsp3) is 0.154. The molecule has 0 atom stereocenters. The zero-order valence-electron chi connectivity index (χ0n) is 9.92. The summed E-state index contributed by atoms with van der Waals surface area (Å²) in [6.45, 7) is 2.41. The van der Waals surface area contributed by atoms with Crippen molar-refractivity contribution in [3.8, 4) is 0 Å². The molecule has 18 heavy (non-hydrogen) atoms. The number of nitrogens with one attached hydrogen (secondary N) is 1. The van der Waals surface area contributed by atoms with Gasteiger partial charge in [0.2, 0.25) is 0 Å². The van der Waals surface area contributed by atoms with E-state index in [9.17, 15) is 4.79 Å². The molecule has 2 N–H and O–H groups in total. The molecule has 0 radical (unpaired) electrons. The lowest BCUT2D eigenvalue weighted by atomic mass is 10.1. The second-order valence-electron chi connectivity index (χ2n) is 3.90.